The number of aromatic amines is 1. The minimum Gasteiger partial charge on any atom is -0.387 e. The van der Waals surface area contributed by atoms with Crippen molar-refractivity contribution in [2.24, 2.45) is 0 Å². The number of imidazole rings is 3. The molecule has 0 aliphatic carbocycles. The van der Waals surface area contributed by atoms with Crippen LogP contribution < -0.4 is 22.8 Å². The highest BCUT2D eigenvalue weighted by Gasteiger charge is 2.54. The summed E-state index contributed by atoms with van der Waals surface area (Å²) in [6.45, 7) is -3.65. The Hall–Kier alpha value is -4.80. The first-order valence-corrected chi connectivity index (χ1v) is 28.4. The molecule has 6 aromatic heterocycles. The van der Waals surface area contributed by atoms with Crippen molar-refractivity contribution in [1.82, 2.24) is 58.6 Å². The topological polar surface area (TPSA) is 609 Å². The van der Waals surface area contributed by atoms with Crippen molar-refractivity contribution in [3.8, 4) is 0 Å². The standard InChI is InChI=1S/C30H40N15O26P5/c31-21-12-23(36-4-34-21)43(6-38-12)27-16(47)15(46)9(65-27)1-62-73(54,55)68-19-10(66-28(17(19)48)44-7-39-13-22(32)35-5-37-24(13)44)2-63-74(56,57)69-20-11(3-64-75(58,59)71-76(60,61)70-72(51,52)53)67-29(18(20)49)45-8-40-14-25(45)41-30(33)42-26(14)50/h4-11,15-20,27-29,46-49H,1-3H2,(H,54,55)(H,56,57)(H,58,59)(H,60,61)(H2,31,34,36)(H2,32,35,37)(H2,51,52,53)(H3,33,41,42,50)/t9-,10-,11-,15-,16-,17-,18-,19-,20-,27-,28-,29-/m1/s1. The molecule has 3 fully saturated rings. The lowest BCUT2D eigenvalue weighted by molar-refractivity contribution is -0.0616. The van der Waals surface area contributed by atoms with E-state index in [1.807, 2.05) is 0 Å². The van der Waals surface area contributed by atoms with Gasteiger partial charge in [0.2, 0.25) is 5.95 Å². The number of aromatic nitrogens is 12. The van der Waals surface area contributed by atoms with E-state index in [0.717, 1.165) is 34.4 Å². The third kappa shape index (κ3) is 11.7. The Morgan fingerprint density at radius 3 is 1.43 bits per heavy atom. The van der Waals surface area contributed by atoms with Crippen LogP contribution in [0.2, 0.25) is 0 Å². The number of nitrogens with one attached hydrogen (secondary N) is 1. The molecule has 0 amide bonds. The van der Waals surface area contributed by atoms with Crippen molar-refractivity contribution in [2.75, 3.05) is 37.0 Å². The van der Waals surface area contributed by atoms with Crippen LogP contribution in [0.15, 0.2) is 36.4 Å². The summed E-state index contributed by atoms with van der Waals surface area (Å²) in [4.78, 5) is 106. The molecule has 416 valence electrons. The minimum absolute atomic E-state index is 0.0111. The third-order valence-electron chi connectivity index (χ3n) is 11.1. The van der Waals surface area contributed by atoms with Gasteiger partial charge in [0, 0.05) is 0 Å². The van der Waals surface area contributed by atoms with Crippen molar-refractivity contribution < 1.29 is 118 Å². The number of anilines is 3. The van der Waals surface area contributed by atoms with Gasteiger partial charge in [0.25, 0.3) is 5.56 Å². The molecule has 0 aromatic carbocycles. The zero-order chi connectivity index (χ0) is 55.0. The summed E-state index contributed by atoms with van der Waals surface area (Å²) >= 11 is 0. The molecular formula is C30H40N15O26P5. The molecule has 76 heavy (non-hydrogen) atoms. The number of nitrogens with zero attached hydrogens (tertiary/aromatic N) is 11. The molecule has 3 aliphatic rings. The highest BCUT2D eigenvalue weighted by molar-refractivity contribution is 7.66. The largest absolute Gasteiger partial charge is 0.490 e. The van der Waals surface area contributed by atoms with E-state index in [1.165, 1.54) is 10.9 Å². The number of phosphoric acid groups is 5. The van der Waals surface area contributed by atoms with Gasteiger partial charge in [-0.15, -0.1) is 0 Å². The van der Waals surface area contributed by atoms with Gasteiger partial charge in [0.15, 0.2) is 52.8 Å². The number of hydrogen-bond donors (Lipinski definition) is 14. The maximum absolute atomic E-state index is 13.8. The molecule has 0 saturated carbocycles. The Kier molecular flexibility index (Phi) is 15.3. The van der Waals surface area contributed by atoms with E-state index < -0.39 is 144 Å². The Bertz CT molecular complexity index is 3470. The van der Waals surface area contributed by atoms with E-state index in [4.69, 9.17) is 59.3 Å². The molecule has 9 rings (SSSR count). The number of fused-ring (bicyclic) bond motifs is 3. The molecule has 41 nitrogen and oxygen atoms in total. The van der Waals surface area contributed by atoms with Gasteiger partial charge in [-0.2, -0.15) is 13.6 Å². The van der Waals surface area contributed by atoms with Crippen LogP contribution in [0.1, 0.15) is 18.7 Å². The second kappa shape index (κ2) is 20.8. The van der Waals surface area contributed by atoms with Gasteiger partial charge in [-0.3, -0.25) is 46.1 Å². The smallest absolute Gasteiger partial charge is 0.387 e. The predicted molar refractivity (Wildman–Crippen MR) is 239 cm³/mol. The van der Waals surface area contributed by atoms with Crippen LogP contribution in [-0.4, -0.2) is 183 Å². The Morgan fingerprint density at radius 1 is 0.526 bits per heavy atom. The lowest BCUT2D eigenvalue weighted by Gasteiger charge is -2.26. The summed E-state index contributed by atoms with van der Waals surface area (Å²) in [6.07, 6.45) is -17.5. The maximum Gasteiger partial charge on any atom is 0.490 e. The summed E-state index contributed by atoms with van der Waals surface area (Å²) < 4.78 is 117. The monoisotopic (exact) mass is 1180 g/mol. The van der Waals surface area contributed by atoms with E-state index in [1.54, 1.807) is 0 Å². The van der Waals surface area contributed by atoms with Gasteiger partial charge in [-0.1, -0.05) is 0 Å². The van der Waals surface area contributed by atoms with Gasteiger partial charge in [0.05, 0.1) is 38.8 Å². The highest BCUT2D eigenvalue weighted by atomic mass is 31.3. The number of nitrogens with two attached hydrogens (primary N) is 3. The SMILES string of the molecule is Nc1nc2c(ncn2[C@@H]2O[C@H](COP(=O)(O)OP(=O)(O)OP(=O)(O)O)[C@@H](OP(=O)(O)OC[C@H]3O[C@@H](n4cnc5c(N)ncnc54)[C@H](O)[C@@H]3OP(=O)(O)OC[C@H]3O[C@@H](n4cnc5c(N)ncnc54)[C@H](O)[C@@H]3O)[C@H]2O)c(=O)[nH]1. The van der Waals surface area contributed by atoms with Crippen molar-refractivity contribution in [3.63, 3.8) is 0 Å². The number of aliphatic hydroxyl groups is 4. The number of H-pyrrole nitrogens is 1. The summed E-state index contributed by atoms with van der Waals surface area (Å²) in [5.41, 5.74) is 15.9. The lowest BCUT2D eigenvalue weighted by atomic mass is 10.1. The van der Waals surface area contributed by atoms with Crippen LogP contribution >= 0.6 is 39.1 Å². The van der Waals surface area contributed by atoms with Crippen LogP contribution in [0, 0.1) is 0 Å². The van der Waals surface area contributed by atoms with Crippen LogP contribution in [0.4, 0.5) is 17.6 Å². The maximum atomic E-state index is 13.8. The summed E-state index contributed by atoms with van der Waals surface area (Å²) in [5.74, 6) is -0.620. The molecular weight excluding hydrogens is 1140 g/mol. The Morgan fingerprint density at radius 2 is 0.947 bits per heavy atom. The number of nitrogen functional groups attached to an aromatic ring is 3. The summed E-state index contributed by atoms with van der Waals surface area (Å²) in [5, 5.41) is 44.9. The average Bonchev–Trinajstić information content (AvgIpc) is 4.20. The van der Waals surface area contributed by atoms with Gasteiger partial charge < -0.3 is 81.2 Å². The summed E-state index contributed by atoms with van der Waals surface area (Å²) in [6, 6.07) is 0. The first-order valence-electron chi connectivity index (χ1n) is 20.9. The van der Waals surface area contributed by atoms with E-state index in [9.17, 15) is 67.6 Å². The van der Waals surface area contributed by atoms with E-state index >= 15 is 0 Å². The zero-order valence-corrected chi connectivity index (χ0v) is 41.8. The first-order chi connectivity index (χ1) is 35.5. The second-order valence-electron chi connectivity index (χ2n) is 16.2. The highest BCUT2D eigenvalue weighted by Crippen LogP contribution is 2.66. The molecule has 16 atom stereocenters. The molecule has 17 N–H and O–H groups in total. The number of phosphoric ester groups is 3. The van der Waals surface area contributed by atoms with Crippen LogP contribution in [0.5, 0.6) is 0 Å². The number of ether oxygens (including phenoxy) is 3. The minimum atomic E-state index is -6.08. The van der Waals surface area contributed by atoms with E-state index in [0.29, 0.717) is 0 Å². The van der Waals surface area contributed by atoms with E-state index in [2.05, 4.69) is 58.0 Å². The molecule has 0 radical (unpaired) electrons. The van der Waals surface area contributed by atoms with Crippen molar-refractivity contribution >= 4 is 90.2 Å². The van der Waals surface area contributed by atoms with E-state index in [-0.39, 0.29) is 45.1 Å². The normalized spacial score (nSPS) is 30.4. The van der Waals surface area contributed by atoms with Crippen LogP contribution in [-0.2, 0) is 68.3 Å². The molecule has 3 saturated heterocycles. The van der Waals surface area contributed by atoms with Gasteiger partial charge in [0.1, 0.15) is 78.6 Å². The average molecular weight is 1180 g/mol. The molecule has 46 heteroatoms. The zero-order valence-electron chi connectivity index (χ0n) is 37.3. The fraction of sp³-hybridized carbons (Fsp3) is 0.500. The fourth-order valence-corrected chi connectivity index (χ4v) is 12.9. The Balaban J connectivity index is 0.939. The fourth-order valence-electron chi connectivity index (χ4n) is 7.94. The number of rotatable bonds is 20. The molecule has 9 heterocycles. The number of aliphatic hydroxyl groups excluding tert-OH is 4. The lowest BCUT2D eigenvalue weighted by Crippen LogP contribution is -2.38. The Labute approximate surface area is 418 Å². The third-order valence-corrected chi connectivity index (χ3v) is 16.9. The number of hydrogen-bond acceptors (Lipinski definition) is 31. The van der Waals surface area contributed by atoms with Crippen LogP contribution in [0.3, 0.4) is 0 Å². The summed E-state index contributed by atoms with van der Waals surface area (Å²) in [7, 11) is -29.1. The van der Waals surface area contributed by atoms with Gasteiger partial charge in [-0.05, 0) is 0 Å². The van der Waals surface area contributed by atoms with Crippen molar-refractivity contribution in [2.45, 2.75) is 73.6 Å². The van der Waals surface area contributed by atoms with Gasteiger partial charge >= 0.3 is 39.1 Å². The van der Waals surface area contributed by atoms with Crippen LogP contribution in [0.25, 0.3) is 33.5 Å². The van der Waals surface area contributed by atoms with Crippen molar-refractivity contribution in [1.29, 1.82) is 0 Å². The van der Waals surface area contributed by atoms with Gasteiger partial charge in [-0.25, -0.2) is 57.7 Å². The second-order valence-corrected chi connectivity index (χ2v) is 23.4. The molecule has 0 bridgehead atoms. The quantitative estimate of drug-likeness (QED) is 0.0324. The predicted octanol–water partition coefficient (Wildman–Crippen LogP) is -3.97. The molecule has 0 spiro atoms. The first kappa shape index (κ1) is 55.9. The van der Waals surface area contributed by atoms with Crippen molar-refractivity contribution in [3.05, 3.63) is 42.0 Å². The molecule has 6 aromatic rings. The molecule has 3 aliphatic heterocycles. The molecule has 4 unspecified atom stereocenters.